The fraction of sp³-hybridized carbons (Fsp3) is 0.556. The molecule has 4 heteroatoms. The van der Waals surface area contributed by atoms with Gasteiger partial charge in [-0.25, -0.2) is 0 Å². The molecule has 0 unspecified atom stereocenters. The van der Waals surface area contributed by atoms with Crippen LogP contribution in [0, 0.1) is 5.92 Å². The summed E-state index contributed by atoms with van der Waals surface area (Å²) in [6.07, 6.45) is 3.21. The monoisotopic (exact) mass is 303 g/mol. The first kappa shape index (κ1) is 16.7. The number of Topliss-reactive ketones (excluding diaryl/α,β-unsaturated/α-hetero) is 1. The van der Waals surface area contributed by atoms with Crippen molar-refractivity contribution in [1.82, 2.24) is 4.90 Å². The number of carbonyl (C=O) groups is 2. The molecule has 1 aliphatic heterocycles. The summed E-state index contributed by atoms with van der Waals surface area (Å²) in [5.41, 5.74) is 1.89. The van der Waals surface area contributed by atoms with Crippen molar-refractivity contribution in [2.75, 3.05) is 19.7 Å². The molecule has 1 saturated heterocycles. The van der Waals surface area contributed by atoms with Gasteiger partial charge >= 0.3 is 0 Å². The normalized spacial score (nSPS) is 15.8. The van der Waals surface area contributed by atoms with Crippen molar-refractivity contribution >= 4 is 11.7 Å². The van der Waals surface area contributed by atoms with Gasteiger partial charge in [-0.15, -0.1) is 0 Å². The van der Waals surface area contributed by atoms with Crippen LogP contribution in [0.15, 0.2) is 24.3 Å². The minimum Gasteiger partial charge on any atom is -0.396 e. The quantitative estimate of drug-likeness (QED) is 0.821. The number of aliphatic hydroxyl groups excluding tert-OH is 1. The molecule has 1 aliphatic rings. The first-order valence-corrected chi connectivity index (χ1v) is 8.14. The third kappa shape index (κ3) is 4.41. The molecule has 1 fully saturated rings. The van der Waals surface area contributed by atoms with Crippen LogP contribution >= 0.6 is 0 Å². The number of aliphatic hydroxyl groups is 1. The number of rotatable bonds is 6. The van der Waals surface area contributed by atoms with Gasteiger partial charge in [0.25, 0.3) is 0 Å². The Morgan fingerprint density at radius 1 is 1.14 bits per heavy atom. The van der Waals surface area contributed by atoms with E-state index in [1.165, 1.54) is 5.56 Å². The fourth-order valence-electron chi connectivity index (χ4n) is 2.81. The summed E-state index contributed by atoms with van der Waals surface area (Å²) in [6, 6.07) is 7.63. The molecule has 1 heterocycles. The Morgan fingerprint density at radius 3 is 2.32 bits per heavy atom. The van der Waals surface area contributed by atoms with E-state index < -0.39 is 0 Å². The number of carbonyl (C=O) groups excluding carboxylic acids is 2. The summed E-state index contributed by atoms with van der Waals surface area (Å²) < 4.78 is 0. The number of hydrogen-bond donors (Lipinski definition) is 1. The molecule has 2 rings (SSSR count). The lowest BCUT2D eigenvalue weighted by atomic mass is 9.97. The minimum atomic E-state index is 0.0289. The van der Waals surface area contributed by atoms with E-state index in [2.05, 4.69) is 6.92 Å². The second-order valence-electron chi connectivity index (χ2n) is 5.98. The van der Waals surface area contributed by atoms with E-state index >= 15 is 0 Å². The number of aryl methyl sites for hydroxylation is 1. The second kappa shape index (κ2) is 8.08. The Morgan fingerprint density at radius 2 is 1.77 bits per heavy atom. The highest BCUT2D eigenvalue weighted by molar-refractivity contribution is 5.97. The Hall–Kier alpha value is -1.68. The number of benzene rings is 1. The van der Waals surface area contributed by atoms with Gasteiger partial charge in [0.05, 0.1) is 0 Å². The van der Waals surface area contributed by atoms with Crippen LogP contribution in [0.4, 0.5) is 0 Å². The van der Waals surface area contributed by atoms with Gasteiger partial charge < -0.3 is 10.0 Å². The van der Waals surface area contributed by atoms with Crippen molar-refractivity contribution in [3.8, 4) is 0 Å². The van der Waals surface area contributed by atoms with Crippen LogP contribution in [0.5, 0.6) is 0 Å². The van der Waals surface area contributed by atoms with Gasteiger partial charge in [-0.05, 0) is 30.7 Å². The molecule has 0 bridgehead atoms. The van der Waals surface area contributed by atoms with Gasteiger partial charge in [0.1, 0.15) is 0 Å². The molecule has 0 aromatic heterocycles. The maximum absolute atomic E-state index is 12.1. The molecule has 0 radical (unpaired) electrons. The fourth-order valence-corrected chi connectivity index (χ4v) is 2.81. The van der Waals surface area contributed by atoms with E-state index in [0.29, 0.717) is 24.6 Å². The van der Waals surface area contributed by atoms with Crippen LogP contribution < -0.4 is 0 Å². The molecule has 120 valence electrons. The largest absolute Gasteiger partial charge is 0.396 e. The second-order valence-corrected chi connectivity index (χ2v) is 5.98. The zero-order valence-electron chi connectivity index (χ0n) is 13.3. The Kier molecular flexibility index (Phi) is 6.13. The molecule has 1 aromatic carbocycles. The molecule has 1 N–H and O–H groups in total. The van der Waals surface area contributed by atoms with Crippen molar-refractivity contribution < 1.29 is 14.7 Å². The van der Waals surface area contributed by atoms with E-state index in [9.17, 15) is 9.59 Å². The number of hydrogen-bond acceptors (Lipinski definition) is 3. The van der Waals surface area contributed by atoms with E-state index in [1.807, 2.05) is 29.2 Å². The topological polar surface area (TPSA) is 57.6 Å². The van der Waals surface area contributed by atoms with E-state index in [-0.39, 0.29) is 31.1 Å². The van der Waals surface area contributed by atoms with Crippen LogP contribution in [0.1, 0.15) is 48.5 Å². The molecule has 0 atom stereocenters. The number of ketones is 1. The molecule has 22 heavy (non-hydrogen) atoms. The number of nitrogens with zero attached hydrogens (tertiary/aromatic N) is 1. The first-order chi connectivity index (χ1) is 10.6. The van der Waals surface area contributed by atoms with Crippen LogP contribution in [0.2, 0.25) is 0 Å². The summed E-state index contributed by atoms with van der Waals surface area (Å²) >= 11 is 0. The standard InChI is InChI=1S/C18H25NO3/c1-2-14-3-5-16(6-4-14)17(21)7-8-18(22)19-11-9-15(13-20)10-12-19/h3-6,15,20H,2,7-13H2,1H3. The van der Waals surface area contributed by atoms with E-state index in [4.69, 9.17) is 5.11 Å². The molecule has 4 nitrogen and oxygen atoms in total. The van der Waals surface area contributed by atoms with Gasteiger partial charge in [-0.1, -0.05) is 31.2 Å². The highest BCUT2D eigenvalue weighted by atomic mass is 16.3. The Bertz CT molecular complexity index is 502. The summed E-state index contributed by atoms with van der Waals surface area (Å²) in [5, 5.41) is 9.11. The van der Waals surface area contributed by atoms with Gasteiger partial charge in [0.15, 0.2) is 5.78 Å². The van der Waals surface area contributed by atoms with Crippen molar-refractivity contribution in [3.05, 3.63) is 35.4 Å². The van der Waals surface area contributed by atoms with Crippen LogP contribution in [0.25, 0.3) is 0 Å². The lowest BCUT2D eigenvalue weighted by molar-refractivity contribution is -0.132. The van der Waals surface area contributed by atoms with Crippen LogP contribution in [-0.2, 0) is 11.2 Å². The number of piperidine rings is 1. The third-order valence-electron chi connectivity index (χ3n) is 4.48. The van der Waals surface area contributed by atoms with Gasteiger partial charge in [-0.2, -0.15) is 0 Å². The predicted octanol–water partition coefficient (Wildman–Crippen LogP) is 2.44. The lowest BCUT2D eigenvalue weighted by Gasteiger charge is -2.31. The molecular formula is C18H25NO3. The molecular weight excluding hydrogens is 278 g/mol. The molecule has 1 aromatic rings. The van der Waals surface area contributed by atoms with Gasteiger partial charge in [-0.3, -0.25) is 9.59 Å². The SMILES string of the molecule is CCc1ccc(C(=O)CCC(=O)N2CCC(CO)CC2)cc1. The molecule has 1 amide bonds. The van der Waals surface area contributed by atoms with E-state index in [1.54, 1.807) is 0 Å². The summed E-state index contributed by atoms with van der Waals surface area (Å²) in [5.74, 6) is 0.402. The number of likely N-dealkylation sites (tertiary alicyclic amines) is 1. The van der Waals surface area contributed by atoms with Crippen LogP contribution in [0.3, 0.4) is 0 Å². The minimum absolute atomic E-state index is 0.0289. The first-order valence-electron chi connectivity index (χ1n) is 8.14. The zero-order chi connectivity index (χ0) is 15.9. The van der Waals surface area contributed by atoms with E-state index in [0.717, 1.165) is 19.3 Å². The molecule has 0 saturated carbocycles. The third-order valence-corrected chi connectivity index (χ3v) is 4.48. The summed E-state index contributed by atoms with van der Waals surface area (Å²) in [4.78, 5) is 26.1. The van der Waals surface area contributed by atoms with Crippen LogP contribution in [-0.4, -0.2) is 41.4 Å². The highest BCUT2D eigenvalue weighted by Crippen LogP contribution is 2.18. The Balaban J connectivity index is 1.79. The van der Waals surface area contributed by atoms with Gasteiger partial charge in [0.2, 0.25) is 5.91 Å². The average molecular weight is 303 g/mol. The maximum Gasteiger partial charge on any atom is 0.223 e. The van der Waals surface area contributed by atoms with Crippen molar-refractivity contribution in [3.63, 3.8) is 0 Å². The van der Waals surface area contributed by atoms with Gasteiger partial charge in [0, 0.05) is 38.1 Å². The Labute approximate surface area is 132 Å². The summed E-state index contributed by atoms with van der Waals surface area (Å²) in [7, 11) is 0. The number of amides is 1. The zero-order valence-corrected chi connectivity index (χ0v) is 13.3. The highest BCUT2D eigenvalue weighted by Gasteiger charge is 2.22. The van der Waals surface area contributed by atoms with Crippen molar-refractivity contribution in [2.45, 2.75) is 39.0 Å². The van der Waals surface area contributed by atoms with Crippen molar-refractivity contribution in [1.29, 1.82) is 0 Å². The summed E-state index contributed by atoms with van der Waals surface area (Å²) in [6.45, 7) is 3.68. The lowest BCUT2D eigenvalue weighted by Crippen LogP contribution is -2.39. The maximum atomic E-state index is 12.1. The average Bonchev–Trinajstić information content (AvgIpc) is 2.59. The van der Waals surface area contributed by atoms with Crippen molar-refractivity contribution in [2.24, 2.45) is 5.92 Å². The smallest absolute Gasteiger partial charge is 0.223 e. The predicted molar refractivity (Wildman–Crippen MR) is 85.8 cm³/mol. The molecule has 0 spiro atoms. The molecule has 0 aliphatic carbocycles.